The molecule has 0 spiro atoms. The predicted molar refractivity (Wildman–Crippen MR) is 82.7 cm³/mol. The maximum absolute atomic E-state index is 12.3. The maximum Gasteiger partial charge on any atom is 0.253 e. The number of carbonyl (C=O) groups is 1. The molecule has 3 atom stereocenters. The van der Waals surface area contributed by atoms with Crippen molar-refractivity contribution >= 4 is 33.4 Å². The van der Waals surface area contributed by atoms with Crippen molar-refractivity contribution in [3.8, 4) is 0 Å². The number of hydrogen-bond donors (Lipinski definition) is 3. The first-order valence-corrected chi connectivity index (χ1v) is 8.05. The van der Waals surface area contributed by atoms with Gasteiger partial charge in [-0.15, -0.1) is 0 Å². The van der Waals surface area contributed by atoms with Crippen LogP contribution in [0.2, 0.25) is 5.02 Å². The van der Waals surface area contributed by atoms with Crippen molar-refractivity contribution in [3.63, 3.8) is 0 Å². The van der Waals surface area contributed by atoms with Gasteiger partial charge in [0.2, 0.25) is 0 Å². The zero-order valence-corrected chi connectivity index (χ0v) is 13.3. The van der Waals surface area contributed by atoms with Crippen molar-refractivity contribution in [2.24, 2.45) is 5.92 Å². The van der Waals surface area contributed by atoms with E-state index in [1.54, 1.807) is 12.1 Å². The summed E-state index contributed by atoms with van der Waals surface area (Å²) in [7, 11) is 0. The molecule has 3 unspecified atom stereocenters. The molecule has 0 bridgehead atoms. The average molecular weight is 359 g/mol. The van der Waals surface area contributed by atoms with Crippen LogP contribution in [-0.2, 0) is 0 Å². The molecule has 1 heterocycles. The van der Waals surface area contributed by atoms with Crippen LogP contribution >= 0.6 is 27.5 Å². The number of rotatable bonds is 2. The minimum absolute atomic E-state index is 0.0788. The van der Waals surface area contributed by atoms with E-state index >= 15 is 0 Å². The molecule has 1 aromatic carbocycles. The third-order valence-electron chi connectivity index (χ3n) is 4.15. The Labute approximate surface area is 131 Å². The summed E-state index contributed by atoms with van der Waals surface area (Å²) in [5.74, 6) is 0.527. The smallest absolute Gasteiger partial charge is 0.253 e. The van der Waals surface area contributed by atoms with Crippen LogP contribution in [0.4, 0.5) is 0 Å². The number of amides is 1. The second kappa shape index (κ2) is 6.02. The number of carbonyl (C=O) groups excluding carboxylic acids is 1. The largest absolute Gasteiger partial charge is 0.349 e. The molecule has 1 saturated heterocycles. The standard InChI is InChI=1S/C14H17BrClN3O/c15-9-1-3-11(12(16)6-9)14(20)18-10-2-4-13-8(5-10)7-17-19-13/h1,3,6,8,10,13,17,19H,2,4-5,7H2,(H,18,20). The highest BCUT2D eigenvalue weighted by Crippen LogP contribution is 2.27. The molecule has 1 aliphatic heterocycles. The molecule has 0 aromatic heterocycles. The van der Waals surface area contributed by atoms with Gasteiger partial charge in [0.05, 0.1) is 10.6 Å². The monoisotopic (exact) mass is 357 g/mol. The third-order valence-corrected chi connectivity index (χ3v) is 4.95. The summed E-state index contributed by atoms with van der Waals surface area (Å²) in [6, 6.07) is 6.14. The summed E-state index contributed by atoms with van der Waals surface area (Å²) in [4.78, 5) is 12.3. The van der Waals surface area contributed by atoms with Crippen LogP contribution in [0.15, 0.2) is 22.7 Å². The first kappa shape index (κ1) is 14.3. The molecule has 3 N–H and O–H groups in total. The van der Waals surface area contributed by atoms with Crippen molar-refractivity contribution in [2.75, 3.05) is 6.54 Å². The van der Waals surface area contributed by atoms with Crippen molar-refractivity contribution < 1.29 is 4.79 Å². The predicted octanol–water partition coefficient (Wildman–Crippen LogP) is 2.48. The van der Waals surface area contributed by atoms with Gasteiger partial charge in [0.1, 0.15) is 0 Å². The number of halogens is 2. The Morgan fingerprint density at radius 3 is 3.05 bits per heavy atom. The molecule has 0 radical (unpaired) electrons. The Morgan fingerprint density at radius 1 is 1.40 bits per heavy atom. The fourth-order valence-corrected chi connectivity index (χ4v) is 3.83. The van der Waals surface area contributed by atoms with Crippen LogP contribution in [0.1, 0.15) is 29.6 Å². The summed E-state index contributed by atoms with van der Waals surface area (Å²) >= 11 is 9.46. The van der Waals surface area contributed by atoms with E-state index in [-0.39, 0.29) is 11.9 Å². The van der Waals surface area contributed by atoms with E-state index in [2.05, 4.69) is 32.1 Å². The summed E-state index contributed by atoms with van der Waals surface area (Å²) in [6.07, 6.45) is 3.12. The lowest BCUT2D eigenvalue weighted by Gasteiger charge is -2.31. The van der Waals surface area contributed by atoms with Gasteiger partial charge in [-0.25, -0.2) is 0 Å². The zero-order valence-electron chi connectivity index (χ0n) is 11.0. The van der Waals surface area contributed by atoms with Crippen LogP contribution in [-0.4, -0.2) is 24.5 Å². The Morgan fingerprint density at radius 2 is 2.25 bits per heavy atom. The Bertz CT molecular complexity index is 525. The fourth-order valence-electron chi connectivity index (χ4n) is 3.07. The lowest BCUT2D eigenvalue weighted by Crippen LogP contribution is -2.44. The quantitative estimate of drug-likeness (QED) is 0.761. The molecule has 20 heavy (non-hydrogen) atoms. The minimum atomic E-state index is -0.0788. The van der Waals surface area contributed by atoms with E-state index in [4.69, 9.17) is 11.6 Å². The van der Waals surface area contributed by atoms with Gasteiger partial charge < -0.3 is 5.32 Å². The van der Waals surface area contributed by atoms with E-state index in [1.807, 2.05) is 6.07 Å². The second-order valence-corrected chi connectivity index (χ2v) is 6.82. The van der Waals surface area contributed by atoms with Crippen LogP contribution in [0.25, 0.3) is 0 Å². The van der Waals surface area contributed by atoms with Crippen LogP contribution in [0.3, 0.4) is 0 Å². The van der Waals surface area contributed by atoms with E-state index in [0.29, 0.717) is 22.5 Å². The Balaban J connectivity index is 1.64. The average Bonchev–Trinajstić information content (AvgIpc) is 2.85. The molecule has 1 aliphatic carbocycles. The lowest BCUT2D eigenvalue weighted by atomic mass is 9.83. The van der Waals surface area contributed by atoms with Crippen molar-refractivity contribution in [3.05, 3.63) is 33.3 Å². The summed E-state index contributed by atoms with van der Waals surface area (Å²) in [5.41, 5.74) is 7.03. The normalized spacial score (nSPS) is 29.0. The Kier molecular flexibility index (Phi) is 4.31. The molecule has 3 rings (SSSR count). The van der Waals surface area contributed by atoms with E-state index in [0.717, 1.165) is 30.3 Å². The molecular weight excluding hydrogens is 342 g/mol. The number of hydrogen-bond acceptors (Lipinski definition) is 3. The van der Waals surface area contributed by atoms with Crippen molar-refractivity contribution in [1.82, 2.24) is 16.2 Å². The van der Waals surface area contributed by atoms with Gasteiger partial charge in [-0.3, -0.25) is 15.6 Å². The fraction of sp³-hybridized carbons (Fsp3) is 0.500. The zero-order chi connectivity index (χ0) is 14.1. The van der Waals surface area contributed by atoms with Crippen molar-refractivity contribution in [2.45, 2.75) is 31.3 Å². The molecule has 1 amide bonds. The summed E-state index contributed by atoms with van der Waals surface area (Å²) in [6.45, 7) is 0.982. The first-order chi connectivity index (χ1) is 9.63. The number of benzene rings is 1. The van der Waals surface area contributed by atoms with E-state index < -0.39 is 0 Å². The molecule has 4 nitrogen and oxygen atoms in total. The second-order valence-electron chi connectivity index (χ2n) is 5.50. The van der Waals surface area contributed by atoms with Gasteiger partial charge >= 0.3 is 0 Å². The van der Waals surface area contributed by atoms with Gasteiger partial charge in [-0.2, -0.15) is 0 Å². The molecular formula is C14H17BrClN3O. The lowest BCUT2D eigenvalue weighted by molar-refractivity contribution is 0.0918. The SMILES string of the molecule is O=C(NC1CCC2NNCC2C1)c1ccc(Br)cc1Cl. The highest BCUT2D eigenvalue weighted by atomic mass is 79.9. The summed E-state index contributed by atoms with van der Waals surface area (Å²) < 4.78 is 0.877. The van der Waals surface area contributed by atoms with Crippen LogP contribution in [0, 0.1) is 5.92 Å². The van der Waals surface area contributed by atoms with Crippen molar-refractivity contribution in [1.29, 1.82) is 0 Å². The highest BCUT2D eigenvalue weighted by molar-refractivity contribution is 9.10. The van der Waals surface area contributed by atoms with Gasteiger partial charge in [0.15, 0.2) is 0 Å². The molecule has 1 saturated carbocycles. The number of hydrazine groups is 1. The van der Waals surface area contributed by atoms with Crippen LogP contribution < -0.4 is 16.2 Å². The van der Waals surface area contributed by atoms with E-state index in [9.17, 15) is 4.79 Å². The number of fused-ring (bicyclic) bond motifs is 1. The molecule has 2 aliphatic rings. The van der Waals surface area contributed by atoms with Gasteiger partial charge in [-0.05, 0) is 43.4 Å². The van der Waals surface area contributed by atoms with Gasteiger partial charge in [0, 0.05) is 23.1 Å². The molecule has 6 heteroatoms. The van der Waals surface area contributed by atoms with Crippen LogP contribution in [0.5, 0.6) is 0 Å². The summed E-state index contributed by atoms with van der Waals surface area (Å²) in [5, 5.41) is 3.60. The first-order valence-electron chi connectivity index (χ1n) is 6.88. The maximum atomic E-state index is 12.3. The third kappa shape index (κ3) is 3.01. The number of nitrogens with one attached hydrogen (secondary N) is 3. The van der Waals surface area contributed by atoms with Gasteiger partial charge in [-0.1, -0.05) is 27.5 Å². The molecule has 108 valence electrons. The topological polar surface area (TPSA) is 53.2 Å². The highest BCUT2D eigenvalue weighted by Gasteiger charge is 2.34. The van der Waals surface area contributed by atoms with E-state index in [1.165, 1.54) is 0 Å². The Hall–Kier alpha value is -0.620. The van der Waals surface area contributed by atoms with Gasteiger partial charge in [0.25, 0.3) is 5.91 Å². The minimum Gasteiger partial charge on any atom is -0.349 e. The molecule has 2 fully saturated rings. The molecule has 1 aromatic rings.